The van der Waals surface area contributed by atoms with E-state index in [2.05, 4.69) is 44.8 Å². The van der Waals surface area contributed by atoms with Crippen LogP contribution in [0.5, 0.6) is 0 Å². The molecule has 0 saturated heterocycles. The molecule has 0 saturated carbocycles. The number of rotatable bonds is 6. The Labute approximate surface area is 100 Å². The van der Waals surface area contributed by atoms with Gasteiger partial charge in [0.15, 0.2) is 0 Å². The lowest BCUT2D eigenvalue weighted by molar-refractivity contribution is 0.394. The van der Waals surface area contributed by atoms with Crippen molar-refractivity contribution in [1.82, 2.24) is 4.98 Å². The molecule has 1 heteroatoms. The van der Waals surface area contributed by atoms with Crippen LogP contribution in [0.25, 0.3) is 0 Å². The van der Waals surface area contributed by atoms with E-state index in [0.29, 0.717) is 5.92 Å². The number of nitrogens with zero attached hydrogens (tertiary/aromatic N) is 1. The predicted octanol–water partition coefficient (Wildman–Crippen LogP) is 4.65. The molecule has 2 atom stereocenters. The normalized spacial score (nSPS) is 15.1. The molecule has 0 bridgehead atoms. The Balaban J connectivity index is 2.71. The van der Waals surface area contributed by atoms with Gasteiger partial charge < -0.3 is 0 Å². The lowest BCUT2D eigenvalue weighted by atomic mass is 9.85. The van der Waals surface area contributed by atoms with Gasteiger partial charge in [0.2, 0.25) is 0 Å². The zero-order valence-electron chi connectivity index (χ0n) is 11.1. The number of hydrogen-bond donors (Lipinski definition) is 0. The molecule has 0 aliphatic rings. The topological polar surface area (TPSA) is 12.9 Å². The summed E-state index contributed by atoms with van der Waals surface area (Å²) in [5, 5.41) is 0. The van der Waals surface area contributed by atoms with Gasteiger partial charge >= 0.3 is 0 Å². The molecule has 0 radical (unpaired) electrons. The second-order valence-corrected chi connectivity index (χ2v) is 5.33. The Morgan fingerprint density at radius 1 is 1.12 bits per heavy atom. The first kappa shape index (κ1) is 13.2. The van der Waals surface area contributed by atoms with Crippen molar-refractivity contribution in [3.05, 3.63) is 30.1 Å². The van der Waals surface area contributed by atoms with E-state index in [1.54, 1.807) is 0 Å². The van der Waals surface area contributed by atoms with E-state index >= 15 is 0 Å². The minimum absolute atomic E-state index is 0.635. The standard InChI is InChI=1S/C15H25N/c1-5-13(4)11-14(10-12(2)3)15-8-6-7-9-16-15/h6-9,12-14H,5,10-11H2,1-4H3. The van der Waals surface area contributed by atoms with Crippen molar-refractivity contribution in [3.8, 4) is 0 Å². The van der Waals surface area contributed by atoms with E-state index in [4.69, 9.17) is 0 Å². The van der Waals surface area contributed by atoms with Gasteiger partial charge in [0.25, 0.3) is 0 Å². The molecule has 1 nitrogen and oxygen atoms in total. The Hall–Kier alpha value is -0.850. The Kier molecular flexibility index (Phi) is 5.51. The van der Waals surface area contributed by atoms with E-state index < -0.39 is 0 Å². The van der Waals surface area contributed by atoms with Crippen LogP contribution in [-0.4, -0.2) is 4.98 Å². The molecule has 0 spiro atoms. The fourth-order valence-electron chi connectivity index (χ4n) is 2.18. The molecule has 1 aromatic rings. The highest BCUT2D eigenvalue weighted by Gasteiger charge is 2.16. The SMILES string of the molecule is CCC(C)CC(CC(C)C)c1ccccn1. The van der Waals surface area contributed by atoms with Gasteiger partial charge in [0.05, 0.1) is 0 Å². The summed E-state index contributed by atoms with van der Waals surface area (Å²) in [5.74, 6) is 2.18. The van der Waals surface area contributed by atoms with Crippen molar-refractivity contribution in [2.75, 3.05) is 0 Å². The predicted molar refractivity (Wildman–Crippen MR) is 70.5 cm³/mol. The van der Waals surface area contributed by atoms with Crippen LogP contribution >= 0.6 is 0 Å². The molecule has 1 aromatic heterocycles. The molecule has 0 aromatic carbocycles. The quantitative estimate of drug-likeness (QED) is 0.678. The van der Waals surface area contributed by atoms with Gasteiger partial charge in [0, 0.05) is 17.8 Å². The first-order valence-corrected chi connectivity index (χ1v) is 6.54. The highest BCUT2D eigenvalue weighted by molar-refractivity contribution is 5.09. The summed E-state index contributed by atoms with van der Waals surface area (Å²) in [6, 6.07) is 6.28. The average Bonchev–Trinajstić information content (AvgIpc) is 2.28. The Morgan fingerprint density at radius 2 is 1.88 bits per heavy atom. The molecule has 1 heterocycles. The molecule has 0 fully saturated rings. The molecule has 1 rings (SSSR count). The van der Waals surface area contributed by atoms with Gasteiger partial charge in [-0.25, -0.2) is 0 Å². The van der Waals surface area contributed by atoms with Gasteiger partial charge in [-0.3, -0.25) is 4.98 Å². The fraction of sp³-hybridized carbons (Fsp3) is 0.667. The molecule has 2 unspecified atom stereocenters. The highest BCUT2D eigenvalue weighted by Crippen LogP contribution is 2.29. The monoisotopic (exact) mass is 219 g/mol. The molecule has 16 heavy (non-hydrogen) atoms. The zero-order valence-corrected chi connectivity index (χ0v) is 11.1. The molecule has 0 N–H and O–H groups in total. The van der Waals surface area contributed by atoms with Gasteiger partial charge in [-0.2, -0.15) is 0 Å². The Morgan fingerprint density at radius 3 is 2.38 bits per heavy atom. The number of aromatic nitrogens is 1. The van der Waals surface area contributed by atoms with Crippen molar-refractivity contribution in [2.24, 2.45) is 11.8 Å². The van der Waals surface area contributed by atoms with Crippen molar-refractivity contribution >= 4 is 0 Å². The third kappa shape index (κ3) is 4.34. The molecular formula is C15H25N. The molecule has 0 aliphatic carbocycles. The lowest BCUT2D eigenvalue weighted by Gasteiger charge is -2.21. The summed E-state index contributed by atoms with van der Waals surface area (Å²) in [6.45, 7) is 9.21. The van der Waals surface area contributed by atoms with E-state index in [9.17, 15) is 0 Å². The van der Waals surface area contributed by atoms with E-state index in [-0.39, 0.29) is 0 Å². The van der Waals surface area contributed by atoms with Crippen molar-refractivity contribution in [1.29, 1.82) is 0 Å². The third-order valence-electron chi connectivity index (χ3n) is 3.25. The maximum absolute atomic E-state index is 4.52. The van der Waals surface area contributed by atoms with E-state index in [1.165, 1.54) is 25.0 Å². The maximum Gasteiger partial charge on any atom is 0.0434 e. The second-order valence-electron chi connectivity index (χ2n) is 5.33. The van der Waals surface area contributed by atoms with E-state index in [1.807, 2.05) is 12.3 Å². The van der Waals surface area contributed by atoms with Crippen LogP contribution < -0.4 is 0 Å². The molecular weight excluding hydrogens is 194 g/mol. The summed E-state index contributed by atoms with van der Waals surface area (Å²) in [7, 11) is 0. The van der Waals surface area contributed by atoms with Gasteiger partial charge in [-0.05, 0) is 36.8 Å². The largest absolute Gasteiger partial charge is 0.261 e. The van der Waals surface area contributed by atoms with Crippen LogP contribution in [0.2, 0.25) is 0 Å². The van der Waals surface area contributed by atoms with Gasteiger partial charge in [-0.1, -0.05) is 40.2 Å². The lowest BCUT2D eigenvalue weighted by Crippen LogP contribution is -2.09. The first-order chi connectivity index (χ1) is 7.63. The fourth-order valence-corrected chi connectivity index (χ4v) is 2.18. The summed E-state index contributed by atoms with van der Waals surface area (Å²) in [4.78, 5) is 4.52. The number of pyridine rings is 1. The number of hydrogen-bond acceptors (Lipinski definition) is 1. The van der Waals surface area contributed by atoms with Gasteiger partial charge in [0.1, 0.15) is 0 Å². The van der Waals surface area contributed by atoms with Gasteiger partial charge in [-0.15, -0.1) is 0 Å². The van der Waals surface area contributed by atoms with Crippen LogP contribution in [0.3, 0.4) is 0 Å². The molecule has 0 amide bonds. The Bertz CT molecular complexity index is 279. The van der Waals surface area contributed by atoms with Crippen molar-refractivity contribution < 1.29 is 0 Å². The summed E-state index contributed by atoms with van der Waals surface area (Å²) in [6.07, 6.45) is 5.70. The zero-order chi connectivity index (χ0) is 12.0. The summed E-state index contributed by atoms with van der Waals surface area (Å²) in [5.41, 5.74) is 1.27. The van der Waals surface area contributed by atoms with Crippen LogP contribution in [-0.2, 0) is 0 Å². The highest BCUT2D eigenvalue weighted by atomic mass is 14.7. The van der Waals surface area contributed by atoms with Crippen LogP contribution in [0.1, 0.15) is 58.6 Å². The smallest absolute Gasteiger partial charge is 0.0434 e. The maximum atomic E-state index is 4.52. The minimum atomic E-state index is 0.635. The van der Waals surface area contributed by atoms with Crippen LogP contribution in [0, 0.1) is 11.8 Å². The summed E-state index contributed by atoms with van der Waals surface area (Å²) >= 11 is 0. The first-order valence-electron chi connectivity index (χ1n) is 6.54. The summed E-state index contributed by atoms with van der Waals surface area (Å²) < 4.78 is 0. The van der Waals surface area contributed by atoms with Crippen LogP contribution in [0.4, 0.5) is 0 Å². The van der Waals surface area contributed by atoms with Crippen molar-refractivity contribution in [3.63, 3.8) is 0 Å². The van der Waals surface area contributed by atoms with E-state index in [0.717, 1.165) is 11.8 Å². The van der Waals surface area contributed by atoms with Crippen molar-refractivity contribution in [2.45, 2.75) is 52.9 Å². The molecule has 0 aliphatic heterocycles. The van der Waals surface area contributed by atoms with Crippen LogP contribution in [0.15, 0.2) is 24.4 Å². The second kappa shape index (κ2) is 6.67. The minimum Gasteiger partial charge on any atom is -0.261 e. The third-order valence-corrected chi connectivity index (χ3v) is 3.25. The molecule has 90 valence electrons. The average molecular weight is 219 g/mol.